The number of alkyl halides is 3. The highest BCUT2D eigenvalue weighted by molar-refractivity contribution is 5.75. The number of aliphatic carboxylic acids is 1. The summed E-state index contributed by atoms with van der Waals surface area (Å²) in [5.41, 5.74) is -0.584. The maximum absolute atomic E-state index is 11.9. The summed E-state index contributed by atoms with van der Waals surface area (Å²) < 4.78 is 39.2. The minimum absolute atomic E-state index is 0.584. The van der Waals surface area contributed by atoms with E-state index in [1.165, 1.54) is 0 Å². The van der Waals surface area contributed by atoms with Crippen molar-refractivity contribution in [3.05, 3.63) is 23.8 Å². The molecule has 0 aliphatic rings. The number of aliphatic hydroxyl groups is 1. The molecule has 94 valence electrons. The molecule has 1 aromatic carbocycles. The highest BCUT2D eigenvalue weighted by Gasteiger charge is 2.33. The van der Waals surface area contributed by atoms with Crippen LogP contribution in [0.4, 0.5) is 13.2 Å². The number of hydrogen-bond acceptors (Lipinski definition) is 4. The molecule has 1 rings (SSSR count). The van der Waals surface area contributed by atoms with Crippen LogP contribution in [-0.4, -0.2) is 27.7 Å². The number of carbonyl (C=O) groups is 1. The highest BCUT2D eigenvalue weighted by atomic mass is 19.4. The van der Waals surface area contributed by atoms with Crippen molar-refractivity contribution in [1.29, 1.82) is 0 Å². The molecule has 0 saturated carbocycles. The Hall–Kier alpha value is -1.96. The van der Waals surface area contributed by atoms with Gasteiger partial charge in [0.05, 0.1) is 0 Å². The van der Waals surface area contributed by atoms with E-state index in [-0.39, 0.29) is 0 Å². The van der Waals surface area contributed by atoms with Crippen LogP contribution in [0, 0.1) is 0 Å². The molecular weight excluding hydrogens is 245 g/mol. The number of phenolic OH excluding ortho intramolecular Hbond substituents is 1. The molecule has 1 aromatic rings. The average Bonchev–Trinajstić information content (AvgIpc) is 2.18. The quantitative estimate of drug-likeness (QED) is 0.757. The summed E-state index contributed by atoms with van der Waals surface area (Å²) in [4.78, 5) is 10.4. The third-order valence-electron chi connectivity index (χ3n) is 1.78. The molecule has 17 heavy (non-hydrogen) atoms. The zero-order valence-electron chi connectivity index (χ0n) is 8.10. The second-order valence-corrected chi connectivity index (χ2v) is 2.98. The Morgan fingerprint density at radius 3 is 2.41 bits per heavy atom. The summed E-state index contributed by atoms with van der Waals surface area (Å²) in [6.07, 6.45) is -7.16. The van der Waals surface area contributed by atoms with Gasteiger partial charge in [0.1, 0.15) is 0 Å². The van der Waals surface area contributed by atoms with Crippen molar-refractivity contribution < 1.29 is 38.0 Å². The predicted molar refractivity (Wildman–Crippen MR) is 47.4 cm³/mol. The number of rotatable bonds is 3. The van der Waals surface area contributed by atoms with Crippen LogP contribution in [0.15, 0.2) is 18.2 Å². The third-order valence-corrected chi connectivity index (χ3v) is 1.78. The van der Waals surface area contributed by atoms with Crippen LogP contribution in [0.5, 0.6) is 11.5 Å². The topological polar surface area (TPSA) is 87.0 Å². The van der Waals surface area contributed by atoms with E-state index in [2.05, 4.69) is 4.74 Å². The van der Waals surface area contributed by atoms with Crippen LogP contribution in [0.25, 0.3) is 0 Å². The fraction of sp³-hybridized carbons (Fsp3) is 0.222. The van der Waals surface area contributed by atoms with E-state index in [0.29, 0.717) is 0 Å². The van der Waals surface area contributed by atoms with Gasteiger partial charge in [0.15, 0.2) is 17.6 Å². The summed E-state index contributed by atoms with van der Waals surface area (Å²) in [7, 11) is 0. The molecule has 0 amide bonds. The third kappa shape index (κ3) is 3.25. The second-order valence-electron chi connectivity index (χ2n) is 2.98. The number of ether oxygens (including phenoxy) is 1. The molecule has 0 heterocycles. The van der Waals surface area contributed by atoms with Crippen molar-refractivity contribution in [2.45, 2.75) is 12.5 Å². The van der Waals surface area contributed by atoms with E-state index in [0.717, 1.165) is 18.2 Å². The number of benzene rings is 1. The lowest BCUT2D eigenvalue weighted by molar-refractivity contribution is -0.275. The maximum atomic E-state index is 11.9. The molecule has 0 bridgehead atoms. The van der Waals surface area contributed by atoms with Gasteiger partial charge in [-0.1, -0.05) is 12.1 Å². The molecule has 0 radical (unpaired) electrons. The Balaban J connectivity index is 3.12. The fourth-order valence-corrected chi connectivity index (χ4v) is 1.10. The molecule has 3 N–H and O–H groups in total. The van der Waals surface area contributed by atoms with Gasteiger partial charge in [-0.15, -0.1) is 13.2 Å². The molecular formula is C9H7F3O5. The van der Waals surface area contributed by atoms with Gasteiger partial charge in [0, 0.05) is 5.56 Å². The van der Waals surface area contributed by atoms with Crippen molar-refractivity contribution >= 4 is 5.97 Å². The lowest BCUT2D eigenvalue weighted by atomic mass is 10.1. The Morgan fingerprint density at radius 1 is 1.35 bits per heavy atom. The van der Waals surface area contributed by atoms with E-state index in [1.54, 1.807) is 0 Å². The van der Waals surface area contributed by atoms with Gasteiger partial charge in [-0.2, -0.15) is 0 Å². The van der Waals surface area contributed by atoms with Gasteiger partial charge < -0.3 is 20.1 Å². The van der Waals surface area contributed by atoms with Crippen LogP contribution in [0.1, 0.15) is 11.7 Å². The van der Waals surface area contributed by atoms with Crippen LogP contribution >= 0.6 is 0 Å². The molecule has 0 aliphatic carbocycles. The van der Waals surface area contributed by atoms with Crippen molar-refractivity contribution in [2.75, 3.05) is 0 Å². The van der Waals surface area contributed by atoms with E-state index in [1.807, 2.05) is 0 Å². The number of phenols is 1. The zero-order chi connectivity index (χ0) is 13.2. The van der Waals surface area contributed by atoms with Crippen molar-refractivity contribution in [3.8, 4) is 11.5 Å². The van der Waals surface area contributed by atoms with Gasteiger partial charge in [-0.05, 0) is 6.07 Å². The van der Waals surface area contributed by atoms with Crippen LogP contribution < -0.4 is 4.74 Å². The normalized spacial score (nSPS) is 13.2. The first kappa shape index (κ1) is 13.1. The number of aromatic hydroxyl groups is 1. The molecule has 5 nitrogen and oxygen atoms in total. The predicted octanol–water partition coefficient (Wildman–Crippen LogP) is 1.41. The van der Waals surface area contributed by atoms with Gasteiger partial charge in [-0.25, -0.2) is 4.79 Å². The van der Waals surface area contributed by atoms with Crippen molar-refractivity contribution in [2.24, 2.45) is 0 Å². The monoisotopic (exact) mass is 252 g/mol. The SMILES string of the molecule is O=C(O)C(O)c1cccc(OC(F)(F)F)c1O. The number of carboxylic acid groups (broad SMARTS) is 1. The molecule has 8 heteroatoms. The van der Waals surface area contributed by atoms with Crippen LogP contribution in [0.2, 0.25) is 0 Å². The van der Waals surface area contributed by atoms with Crippen molar-refractivity contribution in [3.63, 3.8) is 0 Å². The average molecular weight is 252 g/mol. The summed E-state index contributed by atoms with van der Waals surface area (Å²) >= 11 is 0. The maximum Gasteiger partial charge on any atom is 0.573 e. The highest BCUT2D eigenvalue weighted by Crippen LogP contribution is 2.36. The fourth-order valence-electron chi connectivity index (χ4n) is 1.10. The van der Waals surface area contributed by atoms with Gasteiger partial charge in [0.2, 0.25) is 0 Å². The van der Waals surface area contributed by atoms with E-state index in [4.69, 9.17) is 10.2 Å². The van der Waals surface area contributed by atoms with Gasteiger partial charge in [0.25, 0.3) is 0 Å². The minimum atomic E-state index is -5.02. The Morgan fingerprint density at radius 2 is 1.94 bits per heavy atom. The molecule has 0 aromatic heterocycles. The zero-order valence-corrected chi connectivity index (χ0v) is 8.10. The largest absolute Gasteiger partial charge is 0.573 e. The Kier molecular flexibility index (Phi) is 3.47. The first-order chi connectivity index (χ1) is 7.72. The molecule has 0 spiro atoms. The van der Waals surface area contributed by atoms with Gasteiger partial charge >= 0.3 is 12.3 Å². The minimum Gasteiger partial charge on any atom is -0.504 e. The molecule has 0 saturated heterocycles. The van der Waals surface area contributed by atoms with Crippen LogP contribution in [-0.2, 0) is 4.79 Å². The Labute approximate surface area is 92.7 Å². The molecule has 0 aliphatic heterocycles. The molecule has 1 unspecified atom stereocenters. The summed E-state index contributed by atoms with van der Waals surface area (Å²) in [6, 6.07) is 2.78. The number of aliphatic hydroxyl groups excluding tert-OH is 1. The number of para-hydroxylation sites is 1. The second kappa shape index (κ2) is 4.50. The first-order valence-electron chi connectivity index (χ1n) is 4.21. The summed E-state index contributed by atoms with van der Waals surface area (Å²) in [6.45, 7) is 0. The smallest absolute Gasteiger partial charge is 0.504 e. The number of hydrogen-bond donors (Lipinski definition) is 3. The van der Waals surface area contributed by atoms with E-state index < -0.39 is 35.5 Å². The number of carboxylic acids is 1. The molecule has 0 fully saturated rings. The van der Waals surface area contributed by atoms with Gasteiger partial charge in [-0.3, -0.25) is 0 Å². The Bertz CT molecular complexity index is 429. The summed E-state index contributed by atoms with van der Waals surface area (Å²) in [5, 5.41) is 26.9. The van der Waals surface area contributed by atoms with Crippen molar-refractivity contribution in [1.82, 2.24) is 0 Å². The molecule has 1 atom stereocenters. The lowest BCUT2D eigenvalue weighted by Gasteiger charge is -2.14. The van der Waals surface area contributed by atoms with Crippen LogP contribution in [0.3, 0.4) is 0 Å². The van der Waals surface area contributed by atoms with E-state index in [9.17, 15) is 23.1 Å². The lowest BCUT2D eigenvalue weighted by Crippen LogP contribution is -2.18. The summed E-state index contributed by atoms with van der Waals surface area (Å²) in [5.74, 6) is -3.75. The van der Waals surface area contributed by atoms with E-state index >= 15 is 0 Å². The standard InChI is InChI=1S/C9H7F3O5/c10-9(11,12)17-5-3-1-2-4(6(5)13)7(14)8(15)16/h1-3,7,13-14H,(H,15,16). The number of halogens is 3. The first-order valence-corrected chi connectivity index (χ1v) is 4.21.